The normalized spacial score (nSPS) is 39.0. The van der Waals surface area contributed by atoms with Crippen molar-refractivity contribution in [2.24, 2.45) is 0 Å². The number of hydrogen-bond acceptors (Lipinski definition) is 4. The van der Waals surface area contributed by atoms with E-state index < -0.39 is 0 Å². The van der Waals surface area contributed by atoms with Gasteiger partial charge in [0.2, 0.25) is 0 Å². The summed E-state index contributed by atoms with van der Waals surface area (Å²) < 4.78 is 6.05. The average Bonchev–Trinajstić information content (AvgIpc) is 2.85. The lowest BCUT2D eigenvalue weighted by atomic mass is 9.67. The third kappa shape index (κ3) is 1.47. The van der Waals surface area contributed by atoms with Crippen LogP contribution in [0.1, 0.15) is 29.9 Å². The second-order valence-corrected chi connectivity index (χ2v) is 6.49. The van der Waals surface area contributed by atoms with Crippen LogP contribution in [-0.4, -0.2) is 49.4 Å². The lowest BCUT2D eigenvalue weighted by molar-refractivity contribution is -0.149. The molecule has 4 nitrogen and oxygen atoms in total. The van der Waals surface area contributed by atoms with Crippen LogP contribution in [0.2, 0.25) is 0 Å². The molecule has 0 amide bonds. The van der Waals surface area contributed by atoms with Gasteiger partial charge in [-0.25, -0.2) is 0 Å². The molecule has 108 valence electrons. The van der Waals surface area contributed by atoms with Crippen molar-refractivity contribution in [2.45, 2.75) is 36.5 Å². The molecule has 1 saturated heterocycles. The molecule has 4 rings (SSSR count). The Bertz CT molecular complexity index is 547. The number of nitrogens with one attached hydrogen (secondary N) is 1. The Balaban J connectivity index is 1.92. The smallest absolute Gasteiger partial charge is 0.111 e. The number of likely N-dealkylation sites (N-methyl/N-ethyl adjacent to an activating group) is 1. The first-order valence-corrected chi connectivity index (χ1v) is 7.46. The third-order valence-electron chi connectivity index (χ3n) is 5.49. The molecule has 3 aliphatic rings. The van der Waals surface area contributed by atoms with Gasteiger partial charge in [-0.15, -0.1) is 0 Å². The summed E-state index contributed by atoms with van der Waals surface area (Å²) in [7, 11) is 3.90. The minimum atomic E-state index is -0.361. The van der Waals surface area contributed by atoms with Gasteiger partial charge in [0.15, 0.2) is 0 Å². The van der Waals surface area contributed by atoms with Crippen molar-refractivity contribution in [3.63, 3.8) is 0 Å². The maximum absolute atomic E-state index is 10.3. The van der Waals surface area contributed by atoms with Crippen LogP contribution in [0, 0.1) is 0 Å². The molecule has 2 N–H and O–H groups in total. The number of β-amino-alcohol motifs (C(OH)–C–C–N with tert-alkyl or cyclic N) is 1. The van der Waals surface area contributed by atoms with Crippen LogP contribution in [0.4, 0.5) is 5.69 Å². The zero-order valence-electron chi connectivity index (χ0n) is 12.1. The van der Waals surface area contributed by atoms with Gasteiger partial charge in [0.05, 0.1) is 6.10 Å². The van der Waals surface area contributed by atoms with E-state index in [0.717, 1.165) is 19.5 Å². The first-order valence-electron chi connectivity index (χ1n) is 7.46. The van der Waals surface area contributed by atoms with Gasteiger partial charge in [-0.3, -0.25) is 4.90 Å². The van der Waals surface area contributed by atoms with Crippen LogP contribution in [-0.2, 0) is 10.3 Å². The first-order chi connectivity index (χ1) is 9.65. The maximum atomic E-state index is 10.3. The molecule has 4 heteroatoms. The Hall–Kier alpha value is -1.10. The first kappa shape index (κ1) is 12.6. The van der Waals surface area contributed by atoms with Gasteiger partial charge in [-0.2, -0.15) is 0 Å². The largest absolute Gasteiger partial charge is 0.392 e. The molecule has 3 unspecified atom stereocenters. The van der Waals surface area contributed by atoms with Crippen LogP contribution in [0.15, 0.2) is 18.2 Å². The van der Waals surface area contributed by atoms with Crippen molar-refractivity contribution in [1.82, 2.24) is 4.90 Å². The highest BCUT2D eigenvalue weighted by Crippen LogP contribution is 2.53. The summed E-state index contributed by atoms with van der Waals surface area (Å²) in [6.07, 6.45) is 1.48. The standard InChI is InChI=1S/C16H22N2O2/c1-18-9-11(19)7-16(20-2)12-4-3-5-13-15(12)10(8-17-13)6-14(16)18/h3-5,10-11,14,17,19H,6-9H2,1-2H3/t10?,11?,14-,16?/m1/s1. The van der Waals surface area contributed by atoms with Crippen LogP contribution < -0.4 is 5.32 Å². The molecule has 1 aromatic rings. The molecule has 0 bridgehead atoms. The van der Waals surface area contributed by atoms with E-state index in [1.807, 2.05) is 0 Å². The lowest BCUT2D eigenvalue weighted by Crippen LogP contribution is -2.61. The summed E-state index contributed by atoms with van der Waals surface area (Å²) in [5, 5.41) is 13.8. The number of likely N-dealkylation sites (tertiary alicyclic amines) is 1. The molecule has 2 aliphatic heterocycles. The second-order valence-electron chi connectivity index (χ2n) is 6.49. The highest BCUT2D eigenvalue weighted by Gasteiger charge is 2.54. The molecule has 1 aliphatic carbocycles. The molecule has 0 aromatic heterocycles. The Labute approximate surface area is 119 Å². The summed E-state index contributed by atoms with van der Waals surface area (Å²) in [6.45, 7) is 1.77. The van der Waals surface area contributed by atoms with E-state index in [2.05, 4.69) is 35.5 Å². The number of aliphatic hydroxyl groups is 1. The van der Waals surface area contributed by atoms with Crippen molar-refractivity contribution in [3.8, 4) is 0 Å². The highest BCUT2D eigenvalue weighted by molar-refractivity contribution is 5.63. The molecule has 1 fully saturated rings. The minimum Gasteiger partial charge on any atom is -0.392 e. The number of aliphatic hydroxyl groups excluding tert-OH is 1. The zero-order chi connectivity index (χ0) is 13.9. The summed E-state index contributed by atoms with van der Waals surface area (Å²) in [6, 6.07) is 6.81. The van der Waals surface area contributed by atoms with Crippen molar-refractivity contribution in [3.05, 3.63) is 29.3 Å². The number of piperidine rings is 1. The summed E-state index contributed by atoms with van der Waals surface area (Å²) >= 11 is 0. The van der Waals surface area contributed by atoms with Crippen molar-refractivity contribution >= 4 is 5.69 Å². The number of methoxy groups -OCH3 is 1. The van der Waals surface area contributed by atoms with Crippen LogP contribution in [0.3, 0.4) is 0 Å². The van der Waals surface area contributed by atoms with Crippen molar-refractivity contribution in [2.75, 3.05) is 32.6 Å². The molecule has 4 atom stereocenters. The van der Waals surface area contributed by atoms with Crippen LogP contribution in [0.25, 0.3) is 0 Å². The van der Waals surface area contributed by atoms with Gasteiger partial charge >= 0.3 is 0 Å². The number of nitrogens with zero attached hydrogens (tertiary/aromatic N) is 1. The maximum Gasteiger partial charge on any atom is 0.111 e. The number of anilines is 1. The molecule has 0 saturated carbocycles. The lowest BCUT2D eigenvalue weighted by Gasteiger charge is -2.53. The Morgan fingerprint density at radius 2 is 2.30 bits per heavy atom. The predicted molar refractivity (Wildman–Crippen MR) is 78.0 cm³/mol. The number of hydrogen-bond donors (Lipinski definition) is 2. The van der Waals surface area contributed by atoms with E-state index in [-0.39, 0.29) is 11.7 Å². The minimum absolute atomic E-state index is 0.321. The monoisotopic (exact) mass is 274 g/mol. The summed E-state index contributed by atoms with van der Waals surface area (Å²) in [4.78, 5) is 2.28. The highest BCUT2D eigenvalue weighted by atomic mass is 16.5. The van der Waals surface area contributed by atoms with E-state index in [1.165, 1.54) is 16.8 Å². The molecule has 20 heavy (non-hydrogen) atoms. The molecular weight excluding hydrogens is 252 g/mol. The number of benzene rings is 1. The van der Waals surface area contributed by atoms with Gasteiger partial charge in [0.1, 0.15) is 5.60 Å². The topological polar surface area (TPSA) is 44.7 Å². The quantitative estimate of drug-likeness (QED) is 0.815. The molecule has 0 spiro atoms. The Kier molecular flexibility index (Phi) is 2.65. The van der Waals surface area contributed by atoms with Gasteiger partial charge in [0, 0.05) is 44.3 Å². The molecular formula is C16H22N2O2. The van der Waals surface area contributed by atoms with Gasteiger partial charge in [0.25, 0.3) is 0 Å². The third-order valence-corrected chi connectivity index (χ3v) is 5.49. The SMILES string of the molecule is COC12CC(O)CN(C)[C@@H]1CC1CNc3cccc2c31. The van der Waals surface area contributed by atoms with Crippen LogP contribution >= 0.6 is 0 Å². The van der Waals surface area contributed by atoms with E-state index >= 15 is 0 Å². The summed E-state index contributed by atoms with van der Waals surface area (Å²) in [5.74, 6) is 0.576. The van der Waals surface area contributed by atoms with E-state index in [0.29, 0.717) is 18.4 Å². The molecule has 0 radical (unpaired) electrons. The molecule has 1 aromatic carbocycles. The number of fused-ring (bicyclic) bond motifs is 2. The van der Waals surface area contributed by atoms with Gasteiger partial charge in [-0.1, -0.05) is 12.1 Å². The van der Waals surface area contributed by atoms with E-state index in [4.69, 9.17) is 4.74 Å². The second kappa shape index (κ2) is 4.20. The molecule has 2 heterocycles. The van der Waals surface area contributed by atoms with Crippen LogP contribution in [0.5, 0.6) is 0 Å². The number of ether oxygens (including phenoxy) is 1. The Morgan fingerprint density at radius 3 is 3.10 bits per heavy atom. The zero-order valence-corrected chi connectivity index (χ0v) is 12.1. The summed E-state index contributed by atoms with van der Waals surface area (Å²) in [5.41, 5.74) is 3.60. The van der Waals surface area contributed by atoms with Gasteiger partial charge in [-0.05, 0) is 30.7 Å². The van der Waals surface area contributed by atoms with E-state index in [9.17, 15) is 5.11 Å². The average molecular weight is 274 g/mol. The van der Waals surface area contributed by atoms with Gasteiger partial charge < -0.3 is 15.2 Å². The predicted octanol–water partition coefficient (Wildman–Crippen LogP) is 1.51. The Morgan fingerprint density at radius 1 is 1.45 bits per heavy atom. The van der Waals surface area contributed by atoms with Crippen molar-refractivity contribution < 1.29 is 9.84 Å². The fourth-order valence-electron chi connectivity index (χ4n) is 4.69. The fourth-order valence-corrected chi connectivity index (χ4v) is 4.69. The van der Waals surface area contributed by atoms with Crippen molar-refractivity contribution in [1.29, 1.82) is 0 Å². The fraction of sp³-hybridized carbons (Fsp3) is 0.625. The van der Waals surface area contributed by atoms with E-state index in [1.54, 1.807) is 7.11 Å². The number of rotatable bonds is 1.